The number of carboxylic acids is 2. The van der Waals surface area contributed by atoms with Crippen LogP contribution in [0.3, 0.4) is 0 Å². The second kappa shape index (κ2) is 11.2. The Morgan fingerprint density at radius 3 is 1.20 bits per heavy atom. The SMILES string of the molecule is O.O.O=C(O)CC(=O)O.[Ni]. The number of rotatable bonds is 2. The standard InChI is InChI=1S/C3H4O4.Ni.2H2O/c4-2(5)1-3(6)7;;;/h1H2,(H,4,5)(H,6,7);;2*1H2. The van der Waals surface area contributed by atoms with Crippen LogP contribution in [0.2, 0.25) is 0 Å². The molecule has 0 rings (SSSR count). The first-order valence-electron chi connectivity index (χ1n) is 1.56. The smallest absolute Gasteiger partial charge is 0.314 e. The van der Waals surface area contributed by atoms with Crippen LogP contribution in [0.15, 0.2) is 0 Å². The van der Waals surface area contributed by atoms with E-state index in [-0.39, 0.29) is 27.4 Å². The zero-order valence-electron chi connectivity index (χ0n) is 4.73. The molecular weight excluding hydrogens is 191 g/mol. The van der Waals surface area contributed by atoms with Gasteiger partial charge >= 0.3 is 11.9 Å². The third kappa shape index (κ3) is 26.4. The van der Waals surface area contributed by atoms with Gasteiger partial charge in [0.15, 0.2) is 0 Å². The van der Waals surface area contributed by atoms with E-state index in [1.807, 2.05) is 0 Å². The molecule has 0 amide bonds. The Bertz CT molecular complexity index is 89.2. The van der Waals surface area contributed by atoms with Crippen molar-refractivity contribution in [2.75, 3.05) is 0 Å². The third-order valence-corrected chi connectivity index (χ3v) is 0.302. The van der Waals surface area contributed by atoms with Crippen molar-refractivity contribution in [1.29, 1.82) is 0 Å². The molecule has 0 aromatic carbocycles. The van der Waals surface area contributed by atoms with Gasteiger partial charge in [0.05, 0.1) is 0 Å². The first-order valence-corrected chi connectivity index (χ1v) is 1.56. The number of carbonyl (C=O) groups is 2. The Labute approximate surface area is 66.4 Å². The van der Waals surface area contributed by atoms with Crippen LogP contribution in [-0.2, 0) is 26.1 Å². The van der Waals surface area contributed by atoms with E-state index in [0.29, 0.717) is 0 Å². The molecule has 0 saturated heterocycles. The maximum Gasteiger partial charge on any atom is 0.314 e. The van der Waals surface area contributed by atoms with E-state index in [0.717, 1.165) is 0 Å². The number of hydrogen-bond donors (Lipinski definition) is 2. The minimum atomic E-state index is -1.31. The summed E-state index contributed by atoms with van der Waals surface area (Å²) in [5.74, 6) is -2.62. The molecule has 0 spiro atoms. The van der Waals surface area contributed by atoms with E-state index < -0.39 is 18.4 Å². The Morgan fingerprint density at radius 1 is 1.00 bits per heavy atom. The summed E-state index contributed by atoms with van der Waals surface area (Å²) in [7, 11) is 0. The fourth-order valence-electron chi connectivity index (χ4n) is 0.129. The molecule has 10 heavy (non-hydrogen) atoms. The van der Waals surface area contributed by atoms with Crippen LogP contribution in [-0.4, -0.2) is 33.1 Å². The Hall–Kier alpha value is -0.646. The summed E-state index contributed by atoms with van der Waals surface area (Å²) in [6.45, 7) is 0. The summed E-state index contributed by atoms with van der Waals surface area (Å²) in [5, 5.41) is 15.4. The maximum atomic E-state index is 9.43. The molecule has 6 nitrogen and oxygen atoms in total. The van der Waals surface area contributed by atoms with Gasteiger partial charge in [0, 0.05) is 16.5 Å². The molecule has 0 unspecified atom stereocenters. The predicted octanol–water partition coefficient (Wildman–Crippen LogP) is -2.11. The third-order valence-electron chi connectivity index (χ3n) is 0.302. The molecule has 0 saturated carbocycles. The van der Waals surface area contributed by atoms with Crippen LogP contribution in [0, 0.1) is 0 Å². The van der Waals surface area contributed by atoms with Gasteiger partial charge in [0.2, 0.25) is 0 Å². The second-order valence-corrected chi connectivity index (χ2v) is 0.964. The van der Waals surface area contributed by atoms with E-state index in [1.165, 1.54) is 0 Å². The number of hydrogen-bond acceptors (Lipinski definition) is 2. The fourth-order valence-corrected chi connectivity index (χ4v) is 0.129. The Kier molecular flexibility index (Phi) is 25.5. The molecule has 0 bridgehead atoms. The van der Waals surface area contributed by atoms with Crippen molar-refractivity contribution in [3.8, 4) is 0 Å². The van der Waals surface area contributed by atoms with Gasteiger partial charge in [-0.25, -0.2) is 0 Å². The van der Waals surface area contributed by atoms with Crippen molar-refractivity contribution in [3.63, 3.8) is 0 Å². The molecular formula is C3H8NiO6. The molecule has 0 heterocycles. The Morgan fingerprint density at radius 2 is 1.20 bits per heavy atom. The van der Waals surface area contributed by atoms with Gasteiger partial charge in [-0.05, 0) is 0 Å². The zero-order valence-corrected chi connectivity index (χ0v) is 5.72. The molecule has 66 valence electrons. The van der Waals surface area contributed by atoms with Crippen LogP contribution in [0.25, 0.3) is 0 Å². The molecule has 7 heteroatoms. The first kappa shape index (κ1) is 22.8. The summed E-state index contributed by atoms with van der Waals surface area (Å²) in [6, 6.07) is 0. The van der Waals surface area contributed by atoms with Crippen LogP contribution in [0.1, 0.15) is 6.42 Å². The van der Waals surface area contributed by atoms with Gasteiger partial charge in [-0.1, -0.05) is 0 Å². The van der Waals surface area contributed by atoms with Crippen molar-refractivity contribution < 1.29 is 47.2 Å². The van der Waals surface area contributed by atoms with Crippen LogP contribution in [0.4, 0.5) is 0 Å². The minimum Gasteiger partial charge on any atom is -0.481 e. The Balaban J connectivity index is -0.0000000600. The summed E-state index contributed by atoms with van der Waals surface area (Å²) in [5.41, 5.74) is 0. The van der Waals surface area contributed by atoms with Gasteiger partial charge in [-0.3, -0.25) is 9.59 Å². The van der Waals surface area contributed by atoms with Gasteiger partial charge in [0.1, 0.15) is 6.42 Å². The molecule has 0 aromatic heterocycles. The molecule has 0 aliphatic heterocycles. The summed E-state index contributed by atoms with van der Waals surface area (Å²) < 4.78 is 0. The number of aliphatic carboxylic acids is 2. The molecule has 0 aliphatic carbocycles. The van der Waals surface area contributed by atoms with Crippen molar-refractivity contribution in [3.05, 3.63) is 0 Å². The second-order valence-electron chi connectivity index (χ2n) is 0.964. The van der Waals surface area contributed by atoms with Gasteiger partial charge in [-0.15, -0.1) is 0 Å². The predicted molar refractivity (Wildman–Crippen MR) is 27.1 cm³/mol. The summed E-state index contributed by atoms with van der Waals surface area (Å²) >= 11 is 0. The van der Waals surface area contributed by atoms with Crippen LogP contribution < -0.4 is 0 Å². The van der Waals surface area contributed by atoms with Gasteiger partial charge < -0.3 is 21.2 Å². The molecule has 0 atom stereocenters. The van der Waals surface area contributed by atoms with Crippen LogP contribution >= 0.6 is 0 Å². The normalized spacial score (nSPS) is 5.60. The van der Waals surface area contributed by atoms with Crippen molar-refractivity contribution in [2.45, 2.75) is 6.42 Å². The van der Waals surface area contributed by atoms with Gasteiger partial charge in [-0.2, -0.15) is 0 Å². The molecule has 0 aromatic rings. The first-order chi connectivity index (χ1) is 3.13. The van der Waals surface area contributed by atoms with E-state index >= 15 is 0 Å². The monoisotopic (exact) mass is 198 g/mol. The molecule has 6 N–H and O–H groups in total. The summed E-state index contributed by atoms with van der Waals surface area (Å²) in [4.78, 5) is 18.9. The van der Waals surface area contributed by atoms with E-state index in [4.69, 9.17) is 10.2 Å². The van der Waals surface area contributed by atoms with Crippen LogP contribution in [0.5, 0.6) is 0 Å². The zero-order chi connectivity index (χ0) is 5.86. The minimum absolute atomic E-state index is 0. The summed E-state index contributed by atoms with van der Waals surface area (Å²) in [6.07, 6.45) is -0.806. The molecule has 0 radical (unpaired) electrons. The average Bonchev–Trinajstić information content (AvgIpc) is 1.27. The average molecular weight is 199 g/mol. The van der Waals surface area contributed by atoms with Crippen molar-refractivity contribution in [1.82, 2.24) is 0 Å². The van der Waals surface area contributed by atoms with Gasteiger partial charge in [0.25, 0.3) is 0 Å². The quantitative estimate of drug-likeness (QED) is 0.388. The molecule has 0 aliphatic rings. The van der Waals surface area contributed by atoms with Crippen molar-refractivity contribution in [2.24, 2.45) is 0 Å². The number of carboxylic acid groups (broad SMARTS) is 2. The van der Waals surface area contributed by atoms with E-state index in [9.17, 15) is 9.59 Å². The topological polar surface area (TPSA) is 138 Å². The molecule has 0 fully saturated rings. The largest absolute Gasteiger partial charge is 0.481 e. The fraction of sp³-hybridized carbons (Fsp3) is 0.333. The van der Waals surface area contributed by atoms with E-state index in [1.54, 1.807) is 0 Å². The maximum absolute atomic E-state index is 9.43. The van der Waals surface area contributed by atoms with E-state index in [2.05, 4.69) is 0 Å². The van der Waals surface area contributed by atoms with Crippen molar-refractivity contribution >= 4 is 11.9 Å².